The maximum Gasteiger partial charge on any atom is 0.243 e. The number of rotatable bonds is 7. The number of amides is 1. The van der Waals surface area contributed by atoms with Crippen LogP contribution in [0.4, 0.5) is 0 Å². The van der Waals surface area contributed by atoms with Gasteiger partial charge in [0.05, 0.1) is 6.04 Å². The maximum atomic E-state index is 11.7. The van der Waals surface area contributed by atoms with E-state index in [1.165, 1.54) is 4.90 Å². The van der Waals surface area contributed by atoms with E-state index in [9.17, 15) is 4.79 Å². The highest BCUT2D eigenvalue weighted by atomic mass is 127. The molecule has 0 spiro atoms. The molecule has 0 radical (unpaired) electrons. The predicted octanol–water partition coefficient (Wildman–Crippen LogP) is 3.44. The van der Waals surface area contributed by atoms with Crippen LogP contribution >= 0.6 is 35.6 Å². The first-order chi connectivity index (χ1) is 10.9. The Bertz CT molecular complexity index is 537. The molecule has 7 heteroatoms. The van der Waals surface area contributed by atoms with E-state index in [-0.39, 0.29) is 42.5 Å². The lowest BCUT2D eigenvalue weighted by atomic mass is 10.1. The standard InChI is InChI=1S/C17H27ClN4O.HI/c1-5-6-10-19-17(20-12-16(23)22(3)4)21-13(2)14-8-7-9-15(18)11-14;/h7-9,11,13H,5-6,10,12H2,1-4H3,(H2,19,20,21);1H. The van der Waals surface area contributed by atoms with E-state index >= 15 is 0 Å². The molecule has 1 amide bonds. The number of nitrogens with zero attached hydrogens (tertiary/aromatic N) is 2. The summed E-state index contributed by atoms with van der Waals surface area (Å²) in [6.07, 6.45) is 2.15. The number of hydrogen-bond donors (Lipinski definition) is 2. The summed E-state index contributed by atoms with van der Waals surface area (Å²) in [4.78, 5) is 17.6. The van der Waals surface area contributed by atoms with Crippen molar-refractivity contribution in [3.63, 3.8) is 0 Å². The Morgan fingerprint density at radius 3 is 2.67 bits per heavy atom. The van der Waals surface area contributed by atoms with E-state index in [1.54, 1.807) is 14.1 Å². The first kappa shape index (κ1) is 23.0. The summed E-state index contributed by atoms with van der Waals surface area (Å²) in [6.45, 7) is 5.12. The number of halogens is 2. The van der Waals surface area contributed by atoms with Crippen molar-refractivity contribution in [2.24, 2.45) is 4.99 Å². The van der Waals surface area contributed by atoms with Crippen LogP contribution < -0.4 is 10.6 Å². The highest BCUT2D eigenvalue weighted by Gasteiger charge is 2.10. The molecule has 0 saturated heterocycles. The van der Waals surface area contributed by atoms with Crippen LogP contribution in [0.2, 0.25) is 5.02 Å². The Labute approximate surface area is 167 Å². The van der Waals surface area contributed by atoms with Gasteiger partial charge in [0.15, 0.2) is 5.96 Å². The zero-order chi connectivity index (χ0) is 17.2. The first-order valence-electron chi connectivity index (χ1n) is 7.94. The number of carbonyl (C=O) groups is 1. The van der Waals surface area contributed by atoms with Crippen LogP contribution in [0.5, 0.6) is 0 Å². The molecular weight excluding hydrogens is 439 g/mol. The lowest BCUT2D eigenvalue weighted by Gasteiger charge is -2.19. The van der Waals surface area contributed by atoms with Crippen molar-refractivity contribution in [3.8, 4) is 0 Å². The van der Waals surface area contributed by atoms with Crippen LogP contribution in [0, 0.1) is 0 Å². The molecule has 0 fully saturated rings. The van der Waals surface area contributed by atoms with Gasteiger partial charge in [0.2, 0.25) is 5.91 Å². The van der Waals surface area contributed by atoms with Crippen LogP contribution in [-0.2, 0) is 4.79 Å². The van der Waals surface area contributed by atoms with Gasteiger partial charge in [-0.15, -0.1) is 24.0 Å². The van der Waals surface area contributed by atoms with Crippen LogP contribution in [0.1, 0.15) is 38.3 Å². The van der Waals surface area contributed by atoms with E-state index in [4.69, 9.17) is 11.6 Å². The van der Waals surface area contributed by atoms with Gasteiger partial charge in [-0.05, 0) is 31.0 Å². The number of benzene rings is 1. The summed E-state index contributed by atoms with van der Waals surface area (Å²) in [5.74, 6) is 0.609. The molecule has 1 atom stereocenters. The summed E-state index contributed by atoms with van der Waals surface area (Å²) < 4.78 is 0. The SMILES string of the molecule is CCCCNC(=NCC(=O)N(C)C)NC(C)c1cccc(Cl)c1.I. The predicted molar refractivity (Wildman–Crippen MR) is 112 cm³/mol. The Morgan fingerprint density at radius 2 is 2.08 bits per heavy atom. The normalized spacial score (nSPS) is 12.1. The Kier molecular flexibility index (Phi) is 11.8. The van der Waals surface area contributed by atoms with E-state index in [2.05, 4.69) is 22.5 Å². The highest BCUT2D eigenvalue weighted by Crippen LogP contribution is 2.17. The number of guanidine groups is 1. The lowest BCUT2D eigenvalue weighted by molar-refractivity contribution is -0.127. The van der Waals surface area contributed by atoms with Crippen molar-refractivity contribution in [2.75, 3.05) is 27.2 Å². The molecule has 0 saturated carbocycles. The third kappa shape index (κ3) is 8.73. The molecule has 0 aliphatic rings. The van der Waals surface area contributed by atoms with E-state index in [1.807, 2.05) is 31.2 Å². The quantitative estimate of drug-likeness (QED) is 0.280. The van der Waals surface area contributed by atoms with Crippen molar-refractivity contribution < 1.29 is 4.79 Å². The molecule has 1 aromatic rings. The summed E-state index contributed by atoms with van der Waals surface area (Å²) in [6, 6.07) is 7.75. The van der Waals surface area contributed by atoms with Crippen LogP contribution in [0.25, 0.3) is 0 Å². The number of aliphatic imine (C=N–C) groups is 1. The van der Waals surface area contributed by atoms with Crippen molar-refractivity contribution >= 4 is 47.4 Å². The zero-order valence-electron chi connectivity index (χ0n) is 14.8. The molecule has 1 unspecified atom stereocenters. The van der Waals surface area contributed by atoms with Crippen molar-refractivity contribution in [3.05, 3.63) is 34.9 Å². The molecule has 24 heavy (non-hydrogen) atoms. The van der Waals surface area contributed by atoms with E-state index in [0.717, 1.165) is 24.9 Å². The minimum absolute atomic E-state index is 0. The molecule has 5 nitrogen and oxygen atoms in total. The second kappa shape index (κ2) is 12.4. The average molecular weight is 467 g/mol. The van der Waals surface area contributed by atoms with Crippen LogP contribution in [0.15, 0.2) is 29.3 Å². The number of carbonyl (C=O) groups excluding carboxylic acids is 1. The fourth-order valence-corrected chi connectivity index (χ4v) is 2.09. The Balaban J connectivity index is 0.00000529. The fourth-order valence-electron chi connectivity index (χ4n) is 1.89. The molecule has 0 aromatic heterocycles. The summed E-state index contributed by atoms with van der Waals surface area (Å²) in [7, 11) is 3.45. The molecule has 0 heterocycles. The Hall–Kier alpha value is -1.02. The first-order valence-corrected chi connectivity index (χ1v) is 8.32. The van der Waals surface area contributed by atoms with Gasteiger partial charge in [0, 0.05) is 25.7 Å². The molecule has 0 aliphatic heterocycles. The van der Waals surface area contributed by atoms with Crippen molar-refractivity contribution in [1.29, 1.82) is 0 Å². The third-order valence-corrected chi connectivity index (χ3v) is 3.63. The van der Waals surface area contributed by atoms with Crippen LogP contribution in [0.3, 0.4) is 0 Å². The van der Waals surface area contributed by atoms with Gasteiger partial charge in [0.25, 0.3) is 0 Å². The summed E-state index contributed by atoms with van der Waals surface area (Å²) in [5.41, 5.74) is 1.07. The van der Waals surface area contributed by atoms with E-state index in [0.29, 0.717) is 11.0 Å². The minimum atomic E-state index is -0.0306. The molecule has 0 bridgehead atoms. The molecule has 1 aromatic carbocycles. The minimum Gasteiger partial charge on any atom is -0.356 e. The molecule has 2 N–H and O–H groups in total. The molecule has 1 rings (SSSR count). The molecular formula is C17H28ClIN4O. The monoisotopic (exact) mass is 466 g/mol. The van der Waals surface area contributed by atoms with Gasteiger partial charge < -0.3 is 15.5 Å². The smallest absolute Gasteiger partial charge is 0.243 e. The molecule has 136 valence electrons. The number of likely N-dealkylation sites (N-methyl/N-ethyl adjacent to an activating group) is 1. The number of unbranched alkanes of at least 4 members (excludes halogenated alkanes) is 1. The Morgan fingerprint density at radius 1 is 1.38 bits per heavy atom. The average Bonchev–Trinajstić information content (AvgIpc) is 2.52. The third-order valence-electron chi connectivity index (χ3n) is 3.40. The van der Waals surface area contributed by atoms with Gasteiger partial charge >= 0.3 is 0 Å². The van der Waals surface area contributed by atoms with E-state index < -0.39 is 0 Å². The van der Waals surface area contributed by atoms with Gasteiger partial charge in [0.1, 0.15) is 6.54 Å². The summed E-state index contributed by atoms with van der Waals surface area (Å²) in [5, 5.41) is 7.29. The van der Waals surface area contributed by atoms with Crippen molar-refractivity contribution in [1.82, 2.24) is 15.5 Å². The summed E-state index contributed by atoms with van der Waals surface area (Å²) >= 11 is 6.04. The van der Waals surface area contributed by atoms with Gasteiger partial charge in [-0.2, -0.15) is 0 Å². The van der Waals surface area contributed by atoms with Gasteiger partial charge in [-0.25, -0.2) is 4.99 Å². The van der Waals surface area contributed by atoms with Crippen molar-refractivity contribution in [2.45, 2.75) is 32.7 Å². The lowest BCUT2D eigenvalue weighted by Crippen LogP contribution is -2.40. The topological polar surface area (TPSA) is 56.7 Å². The van der Waals surface area contributed by atoms with Gasteiger partial charge in [-0.1, -0.05) is 37.1 Å². The zero-order valence-corrected chi connectivity index (χ0v) is 17.9. The highest BCUT2D eigenvalue weighted by molar-refractivity contribution is 14.0. The second-order valence-electron chi connectivity index (χ2n) is 5.65. The largest absolute Gasteiger partial charge is 0.356 e. The number of hydrogen-bond acceptors (Lipinski definition) is 2. The number of nitrogens with one attached hydrogen (secondary N) is 2. The van der Waals surface area contributed by atoms with Crippen LogP contribution in [-0.4, -0.2) is 44.0 Å². The molecule has 0 aliphatic carbocycles. The second-order valence-corrected chi connectivity index (χ2v) is 6.09. The maximum absolute atomic E-state index is 11.7. The fraction of sp³-hybridized carbons (Fsp3) is 0.529. The van der Waals surface area contributed by atoms with Gasteiger partial charge in [-0.3, -0.25) is 4.79 Å².